The summed E-state index contributed by atoms with van der Waals surface area (Å²) in [6.45, 7) is 0. The van der Waals surface area contributed by atoms with Crippen molar-refractivity contribution < 1.29 is 17.6 Å². The van der Waals surface area contributed by atoms with Crippen molar-refractivity contribution in [3.8, 4) is 0 Å². The number of benzene rings is 2. The van der Waals surface area contributed by atoms with Crippen LogP contribution in [0.15, 0.2) is 54.6 Å². The second kappa shape index (κ2) is 5.26. The molecule has 4 heteroatoms. The summed E-state index contributed by atoms with van der Waals surface area (Å²) in [4.78, 5) is 0. The fourth-order valence-electron chi connectivity index (χ4n) is 1.60. The maximum absolute atomic E-state index is 13.8. The van der Waals surface area contributed by atoms with Gasteiger partial charge in [0.05, 0.1) is 5.56 Å². The molecule has 0 fully saturated rings. The molecule has 0 bridgehead atoms. The molecule has 98 valence electrons. The van der Waals surface area contributed by atoms with Gasteiger partial charge in [-0.05, 0) is 23.8 Å². The van der Waals surface area contributed by atoms with Crippen LogP contribution in [-0.4, -0.2) is 0 Å². The lowest BCUT2D eigenvalue weighted by atomic mass is 10.1. The van der Waals surface area contributed by atoms with Crippen LogP contribution in [0.5, 0.6) is 0 Å². The Morgan fingerprint density at radius 2 is 1.42 bits per heavy atom. The molecule has 2 aromatic carbocycles. The maximum atomic E-state index is 13.8. The van der Waals surface area contributed by atoms with Crippen LogP contribution in [0.1, 0.15) is 16.7 Å². The minimum Gasteiger partial charge on any atom is -0.206 e. The zero-order chi connectivity index (χ0) is 13.9. The third-order valence-electron chi connectivity index (χ3n) is 2.58. The molecule has 0 amide bonds. The minimum absolute atomic E-state index is 0.384. The molecule has 2 rings (SSSR count). The van der Waals surface area contributed by atoms with Gasteiger partial charge in [-0.2, -0.15) is 13.2 Å². The summed E-state index contributed by atoms with van der Waals surface area (Å²) in [6, 6.07) is 12.7. The standard InChI is InChI=1S/C15H10F4/c16-14(12-4-2-1-3-5-12)10-11-6-8-13(9-7-11)15(17,18)19/h1-10H/b14-10-. The number of alkyl halides is 3. The molecule has 0 nitrogen and oxygen atoms in total. The van der Waals surface area contributed by atoms with Crippen molar-refractivity contribution in [3.05, 3.63) is 71.3 Å². The molecule has 0 N–H and O–H groups in total. The summed E-state index contributed by atoms with van der Waals surface area (Å²) in [6.07, 6.45) is -3.17. The van der Waals surface area contributed by atoms with Crippen molar-refractivity contribution in [2.24, 2.45) is 0 Å². The second-order valence-electron chi connectivity index (χ2n) is 3.98. The van der Waals surface area contributed by atoms with E-state index in [9.17, 15) is 17.6 Å². The van der Waals surface area contributed by atoms with E-state index in [1.165, 1.54) is 18.2 Å². The van der Waals surface area contributed by atoms with E-state index in [0.717, 1.165) is 12.1 Å². The van der Waals surface area contributed by atoms with Crippen LogP contribution in [-0.2, 0) is 6.18 Å². The van der Waals surface area contributed by atoms with Crippen LogP contribution in [0.4, 0.5) is 17.6 Å². The van der Waals surface area contributed by atoms with E-state index in [2.05, 4.69) is 0 Å². The van der Waals surface area contributed by atoms with Crippen molar-refractivity contribution in [1.29, 1.82) is 0 Å². The van der Waals surface area contributed by atoms with Gasteiger partial charge in [-0.25, -0.2) is 4.39 Å². The normalized spacial score (nSPS) is 12.5. The molecule has 0 saturated heterocycles. The molecule has 0 aliphatic heterocycles. The zero-order valence-corrected chi connectivity index (χ0v) is 9.79. The zero-order valence-electron chi connectivity index (χ0n) is 9.79. The van der Waals surface area contributed by atoms with Crippen LogP contribution in [0.2, 0.25) is 0 Å². The Bertz CT molecular complexity index is 565. The van der Waals surface area contributed by atoms with E-state index in [4.69, 9.17) is 0 Å². The Morgan fingerprint density at radius 3 is 1.95 bits per heavy atom. The van der Waals surface area contributed by atoms with Gasteiger partial charge in [0, 0.05) is 5.56 Å². The summed E-state index contributed by atoms with van der Waals surface area (Å²) in [5.41, 5.74) is 0.0292. The highest BCUT2D eigenvalue weighted by molar-refractivity contribution is 5.76. The molecule has 0 atom stereocenters. The molecule has 19 heavy (non-hydrogen) atoms. The molecular weight excluding hydrogens is 256 g/mol. The van der Waals surface area contributed by atoms with E-state index >= 15 is 0 Å². The highest BCUT2D eigenvalue weighted by Crippen LogP contribution is 2.29. The number of hydrogen-bond donors (Lipinski definition) is 0. The molecular formula is C15H10F4. The summed E-state index contributed by atoms with van der Waals surface area (Å²) in [7, 11) is 0. The molecule has 0 radical (unpaired) electrons. The molecule has 0 unspecified atom stereocenters. The third-order valence-corrected chi connectivity index (χ3v) is 2.58. The average Bonchev–Trinajstić information content (AvgIpc) is 2.39. The first-order valence-electron chi connectivity index (χ1n) is 5.57. The molecule has 0 spiro atoms. The average molecular weight is 266 g/mol. The summed E-state index contributed by atoms with van der Waals surface area (Å²) in [5.74, 6) is -0.486. The van der Waals surface area contributed by atoms with Crippen LogP contribution < -0.4 is 0 Å². The fourth-order valence-corrected chi connectivity index (χ4v) is 1.60. The first-order valence-corrected chi connectivity index (χ1v) is 5.57. The van der Waals surface area contributed by atoms with Crippen molar-refractivity contribution >= 4 is 11.9 Å². The second-order valence-corrected chi connectivity index (χ2v) is 3.98. The minimum atomic E-state index is -4.37. The van der Waals surface area contributed by atoms with Gasteiger partial charge < -0.3 is 0 Å². The first kappa shape index (κ1) is 13.3. The third kappa shape index (κ3) is 3.44. The lowest BCUT2D eigenvalue weighted by molar-refractivity contribution is -0.137. The van der Waals surface area contributed by atoms with Gasteiger partial charge in [-0.1, -0.05) is 42.5 Å². The van der Waals surface area contributed by atoms with Gasteiger partial charge in [0.1, 0.15) is 5.83 Å². The quantitative estimate of drug-likeness (QED) is 0.519. The fraction of sp³-hybridized carbons (Fsp3) is 0.0667. The van der Waals surface area contributed by atoms with E-state index in [-0.39, 0.29) is 0 Å². The lowest BCUT2D eigenvalue weighted by Crippen LogP contribution is -2.03. The SMILES string of the molecule is F/C(=C\c1ccc(C(F)(F)F)cc1)c1ccccc1. The smallest absolute Gasteiger partial charge is 0.206 e. The Morgan fingerprint density at radius 1 is 0.842 bits per heavy atom. The molecule has 0 heterocycles. The van der Waals surface area contributed by atoms with E-state index in [1.54, 1.807) is 30.3 Å². The molecule has 0 aliphatic carbocycles. The Balaban J connectivity index is 2.24. The Kier molecular flexibility index (Phi) is 3.69. The first-order chi connectivity index (χ1) is 8.97. The van der Waals surface area contributed by atoms with Crippen LogP contribution >= 0.6 is 0 Å². The van der Waals surface area contributed by atoms with Crippen molar-refractivity contribution in [3.63, 3.8) is 0 Å². The van der Waals surface area contributed by atoms with Gasteiger partial charge in [0.25, 0.3) is 0 Å². The molecule has 0 saturated carbocycles. The molecule has 2 aromatic rings. The molecule has 0 aromatic heterocycles. The van der Waals surface area contributed by atoms with Crippen LogP contribution in [0, 0.1) is 0 Å². The predicted octanol–water partition coefficient (Wildman–Crippen LogP) is 5.17. The summed E-state index contributed by atoms with van der Waals surface area (Å²) >= 11 is 0. The Hall–Kier alpha value is -2.10. The predicted molar refractivity (Wildman–Crippen MR) is 66.9 cm³/mol. The van der Waals surface area contributed by atoms with E-state index in [1.807, 2.05) is 0 Å². The monoisotopic (exact) mass is 266 g/mol. The van der Waals surface area contributed by atoms with Gasteiger partial charge in [-0.15, -0.1) is 0 Å². The van der Waals surface area contributed by atoms with Crippen LogP contribution in [0.3, 0.4) is 0 Å². The highest BCUT2D eigenvalue weighted by atomic mass is 19.4. The van der Waals surface area contributed by atoms with Gasteiger partial charge in [-0.3, -0.25) is 0 Å². The number of hydrogen-bond acceptors (Lipinski definition) is 0. The lowest BCUT2D eigenvalue weighted by Gasteiger charge is -2.06. The summed E-state index contributed by atoms with van der Waals surface area (Å²) < 4.78 is 50.9. The number of rotatable bonds is 2. The van der Waals surface area contributed by atoms with Gasteiger partial charge in [0.2, 0.25) is 0 Å². The Labute approximate surface area is 108 Å². The number of halogens is 4. The van der Waals surface area contributed by atoms with Gasteiger partial charge in [0.15, 0.2) is 0 Å². The van der Waals surface area contributed by atoms with Crippen molar-refractivity contribution in [1.82, 2.24) is 0 Å². The largest absolute Gasteiger partial charge is 0.416 e. The highest BCUT2D eigenvalue weighted by Gasteiger charge is 2.29. The summed E-state index contributed by atoms with van der Waals surface area (Å²) in [5, 5.41) is 0. The van der Waals surface area contributed by atoms with Crippen molar-refractivity contribution in [2.75, 3.05) is 0 Å². The van der Waals surface area contributed by atoms with E-state index < -0.39 is 17.6 Å². The van der Waals surface area contributed by atoms with Gasteiger partial charge >= 0.3 is 6.18 Å². The molecule has 0 aliphatic rings. The maximum Gasteiger partial charge on any atom is 0.416 e. The van der Waals surface area contributed by atoms with Crippen molar-refractivity contribution in [2.45, 2.75) is 6.18 Å². The topological polar surface area (TPSA) is 0 Å². The van der Waals surface area contributed by atoms with E-state index in [0.29, 0.717) is 11.1 Å². The van der Waals surface area contributed by atoms with Crippen LogP contribution in [0.25, 0.3) is 11.9 Å².